The Hall–Kier alpha value is -2.11. The maximum atomic E-state index is 13.0. The van der Waals surface area contributed by atoms with E-state index in [1.165, 1.54) is 12.1 Å². The Balaban J connectivity index is 2.69. The van der Waals surface area contributed by atoms with Crippen LogP contribution in [0.25, 0.3) is 0 Å². The van der Waals surface area contributed by atoms with Crippen LogP contribution < -0.4 is 5.32 Å². The van der Waals surface area contributed by atoms with Gasteiger partial charge < -0.3 is 15.5 Å². The summed E-state index contributed by atoms with van der Waals surface area (Å²) in [5, 5.41) is 20.3. The van der Waals surface area contributed by atoms with Gasteiger partial charge >= 0.3 is 5.97 Å². The fraction of sp³-hybridized carbons (Fsp3) is 0.333. The van der Waals surface area contributed by atoms with Crippen LogP contribution in [0.4, 0.5) is 4.39 Å². The molecular formula is C12H14FNO4. The molecule has 0 saturated carbocycles. The van der Waals surface area contributed by atoms with E-state index in [9.17, 15) is 19.1 Å². The standard InChI is InChI=1S/C12H14FNO4/c13-9-3-8(5-11(16)6-9)4-10(14-7-15)1-2-12(17)18/h3,5-7,10,16H,1-2,4H2,(H,14,15)(H,17,18). The number of hydrogen-bond donors (Lipinski definition) is 3. The first-order valence-corrected chi connectivity index (χ1v) is 5.41. The summed E-state index contributed by atoms with van der Waals surface area (Å²) in [6.07, 6.45) is 0.890. The van der Waals surface area contributed by atoms with Crippen molar-refractivity contribution in [2.45, 2.75) is 25.3 Å². The number of carboxylic acid groups (broad SMARTS) is 1. The molecule has 0 aromatic heterocycles. The normalized spacial score (nSPS) is 11.8. The Labute approximate surface area is 103 Å². The predicted molar refractivity (Wildman–Crippen MR) is 61.6 cm³/mol. The zero-order valence-electron chi connectivity index (χ0n) is 9.60. The van der Waals surface area contributed by atoms with Gasteiger partial charge in [0.15, 0.2) is 0 Å². The van der Waals surface area contributed by atoms with Gasteiger partial charge in [-0.05, 0) is 30.5 Å². The second kappa shape index (κ2) is 6.58. The molecule has 98 valence electrons. The van der Waals surface area contributed by atoms with E-state index in [1.54, 1.807) is 0 Å². The number of nitrogens with one attached hydrogen (secondary N) is 1. The zero-order valence-corrected chi connectivity index (χ0v) is 9.60. The van der Waals surface area contributed by atoms with Crippen molar-refractivity contribution in [2.24, 2.45) is 0 Å². The summed E-state index contributed by atoms with van der Waals surface area (Å²) in [5.74, 6) is -1.74. The Morgan fingerprint density at radius 1 is 1.44 bits per heavy atom. The molecule has 18 heavy (non-hydrogen) atoms. The minimum atomic E-state index is -0.963. The van der Waals surface area contributed by atoms with Crippen molar-refractivity contribution in [3.63, 3.8) is 0 Å². The average Bonchev–Trinajstić information content (AvgIpc) is 2.24. The number of halogens is 1. The van der Waals surface area contributed by atoms with E-state index in [0.29, 0.717) is 12.0 Å². The quantitative estimate of drug-likeness (QED) is 0.636. The van der Waals surface area contributed by atoms with Crippen molar-refractivity contribution in [1.82, 2.24) is 5.32 Å². The fourth-order valence-electron chi connectivity index (χ4n) is 1.67. The highest BCUT2D eigenvalue weighted by atomic mass is 19.1. The van der Waals surface area contributed by atoms with Crippen molar-refractivity contribution in [3.8, 4) is 5.75 Å². The molecule has 3 N–H and O–H groups in total. The van der Waals surface area contributed by atoms with Crippen LogP contribution in [0.15, 0.2) is 18.2 Å². The van der Waals surface area contributed by atoms with Crippen LogP contribution in [0.3, 0.4) is 0 Å². The number of aliphatic carboxylic acids is 1. The van der Waals surface area contributed by atoms with Crippen molar-refractivity contribution in [1.29, 1.82) is 0 Å². The number of carbonyl (C=O) groups excluding carboxylic acids is 1. The number of carboxylic acids is 1. The van der Waals surface area contributed by atoms with Gasteiger partial charge in [0.05, 0.1) is 0 Å². The molecule has 0 aliphatic carbocycles. The van der Waals surface area contributed by atoms with Crippen LogP contribution in [0, 0.1) is 5.82 Å². The Morgan fingerprint density at radius 2 is 2.17 bits per heavy atom. The van der Waals surface area contributed by atoms with Crippen LogP contribution in [0.5, 0.6) is 5.75 Å². The van der Waals surface area contributed by atoms with Gasteiger partial charge in [0, 0.05) is 18.5 Å². The molecule has 0 saturated heterocycles. The first-order chi connectivity index (χ1) is 8.51. The molecule has 0 aliphatic rings. The van der Waals surface area contributed by atoms with Gasteiger partial charge in [0.1, 0.15) is 11.6 Å². The fourth-order valence-corrected chi connectivity index (χ4v) is 1.67. The molecule has 0 fully saturated rings. The minimum absolute atomic E-state index is 0.0905. The van der Waals surface area contributed by atoms with Gasteiger partial charge in [-0.25, -0.2) is 4.39 Å². The maximum Gasteiger partial charge on any atom is 0.303 e. The molecule has 0 bridgehead atoms. The molecule has 0 radical (unpaired) electrons. The summed E-state index contributed by atoms with van der Waals surface area (Å²) >= 11 is 0. The Kier molecular flexibility index (Phi) is 5.10. The first-order valence-electron chi connectivity index (χ1n) is 5.41. The smallest absolute Gasteiger partial charge is 0.303 e. The van der Waals surface area contributed by atoms with Crippen molar-refractivity contribution < 1.29 is 24.2 Å². The number of aromatic hydroxyl groups is 1. The number of phenolic OH excluding ortho intramolecular Hbond substituents is 1. The van der Waals surface area contributed by atoms with E-state index in [-0.39, 0.29) is 25.0 Å². The zero-order chi connectivity index (χ0) is 13.5. The molecule has 0 spiro atoms. The van der Waals surface area contributed by atoms with Crippen LogP contribution >= 0.6 is 0 Å². The number of hydrogen-bond acceptors (Lipinski definition) is 3. The SMILES string of the molecule is O=CNC(CCC(=O)O)Cc1cc(O)cc(F)c1. The number of amides is 1. The summed E-state index contributed by atoms with van der Waals surface area (Å²) in [6, 6.07) is 3.19. The lowest BCUT2D eigenvalue weighted by Crippen LogP contribution is -2.30. The summed E-state index contributed by atoms with van der Waals surface area (Å²) in [7, 11) is 0. The lowest BCUT2D eigenvalue weighted by molar-refractivity contribution is -0.137. The van der Waals surface area contributed by atoms with E-state index < -0.39 is 17.8 Å². The summed E-state index contributed by atoms with van der Waals surface area (Å²) in [6.45, 7) is 0. The van der Waals surface area contributed by atoms with Gasteiger partial charge in [0.2, 0.25) is 6.41 Å². The molecular weight excluding hydrogens is 241 g/mol. The molecule has 1 amide bonds. The molecule has 1 unspecified atom stereocenters. The second-order valence-corrected chi connectivity index (χ2v) is 3.94. The van der Waals surface area contributed by atoms with E-state index in [0.717, 1.165) is 6.07 Å². The van der Waals surface area contributed by atoms with Crippen molar-refractivity contribution in [2.75, 3.05) is 0 Å². The Bertz CT molecular complexity index is 416. The maximum absolute atomic E-state index is 13.0. The van der Waals surface area contributed by atoms with Gasteiger partial charge in [-0.1, -0.05) is 0 Å². The Morgan fingerprint density at radius 3 is 2.72 bits per heavy atom. The monoisotopic (exact) mass is 255 g/mol. The average molecular weight is 255 g/mol. The topological polar surface area (TPSA) is 86.6 Å². The van der Waals surface area contributed by atoms with Crippen LogP contribution in [0.1, 0.15) is 18.4 Å². The molecule has 1 atom stereocenters. The first kappa shape index (κ1) is 14.0. The minimum Gasteiger partial charge on any atom is -0.508 e. The number of rotatable bonds is 7. The summed E-state index contributed by atoms with van der Waals surface area (Å²) < 4.78 is 13.0. The second-order valence-electron chi connectivity index (χ2n) is 3.94. The predicted octanol–water partition coefficient (Wildman–Crippen LogP) is 1.05. The van der Waals surface area contributed by atoms with Gasteiger partial charge in [-0.15, -0.1) is 0 Å². The molecule has 1 rings (SSSR count). The molecule has 0 aliphatic heterocycles. The molecule has 1 aromatic carbocycles. The third-order valence-electron chi connectivity index (χ3n) is 2.43. The lowest BCUT2D eigenvalue weighted by Gasteiger charge is -2.15. The third kappa shape index (κ3) is 4.82. The molecule has 0 heterocycles. The highest BCUT2D eigenvalue weighted by Crippen LogP contribution is 2.17. The lowest BCUT2D eigenvalue weighted by atomic mass is 10.0. The molecule has 1 aromatic rings. The van der Waals surface area contributed by atoms with Crippen molar-refractivity contribution in [3.05, 3.63) is 29.6 Å². The van der Waals surface area contributed by atoms with Gasteiger partial charge in [-0.2, -0.15) is 0 Å². The summed E-state index contributed by atoms with van der Waals surface area (Å²) in [4.78, 5) is 20.9. The largest absolute Gasteiger partial charge is 0.508 e. The highest BCUT2D eigenvalue weighted by molar-refractivity contribution is 5.66. The van der Waals surface area contributed by atoms with E-state index in [1.807, 2.05) is 0 Å². The molecule has 5 nitrogen and oxygen atoms in total. The van der Waals surface area contributed by atoms with Crippen molar-refractivity contribution >= 4 is 12.4 Å². The summed E-state index contributed by atoms with van der Waals surface area (Å²) in [5.41, 5.74) is 0.497. The number of phenols is 1. The number of benzene rings is 1. The van der Waals surface area contributed by atoms with Crippen LogP contribution in [-0.2, 0) is 16.0 Å². The molecule has 6 heteroatoms. The van der Waals surface area contributed by atoms with E-state index >= 15 is 0 Å². The van der Waals surface area contributed by atoms with Crippen LogP contribution in [-0.4, -0.2) is 28.6 Å². The van der Waals surface area contributed by atoms with E-state index in [4.69, 9.17) is 5.11 Å². The third-order valence-corrected chi connectivity index (χ3v) is 2.43. The van der Waals surface area contributed by atoms with Gasteiger partial charge in [0.25, 0.3) is 0 Å². The number of carbonyl (C=O) groups is 2. The van der Waals surface area contributed by atoms with Crippen LogP contribution in [0.2, 0.25) is 0 Å². The van der Waals surface area contributed by atoms with Gasteiger partial charge in [-0.3, -0.25) is 9.59 Å². The highest BCUT2D eigenvalue weighted by Gasteiger charge is 2.12. The van der Waals surface area contributed by atoms with E-state index in [2.05, 4.69) is 5.32 Å².